The maximum atomic E-state index is 12.7. The number of benzene rings is 2. The molecule has 3 aromatic rings. The summed E-state index contributed by atoms with van der Waals surface area (Å²) >= 11 is 0. The van der Waals surface area contributed by atoms with Gasteiger partial charge in [0, 0.05) is 23.0 Å². The zero-order chi connectivity index (χ0) is 26.0. The first-order chi connectivity index (χ1) is 17.4. The van der Waals surface area contributed by atoms with Crippen molar-refractivity contribution in [2.24, 2.45) is 0 Å². The quantitative estimate of drug-likeness (QED) is 0.223. The molecule has 36 heavy (non-hydrogen) atoms. The molecular weight excluding hydrogens is 456 g/mol. The smallest absolute Gasteiger partial charge is 0.334 e. The van der Waals surface area contributed by atoms with Crippen LogP contribution < -0.4 is 16.2 Å². The van der Waals surface area contributed by atoms with Crippen molar-refractivity contribution < 1.29 is 19.1 Å². The number of carbonyl (C=O) groups is 3. The molecule has 0 saturated heterocycles. The van der Waals surface area contributed by atoms with Crippen molar-refractivity contribution in [3.63, 3.8) is 0 Å². The van der Waals surface area contributed by atoms with Gasteiger partial charge in [0.15, 0.2) is 0 Å². The second-order valence-corrected chi connectivity index (χ2v) is 8.82. The van der Waals surface area contributed by atoms with E-state index in [0.29, 0.717) is 32.1 Å². The van der Waals surface area contributed by atoms with Crippen LogP contribution in [-0.4, -0.2) is 35.0 Å². The monoisotopic (exact) mass is 492 g/mol. The molecule has 0 radical (unpaired) electrons. The lowest BCUT2D eigenvalue weighted by Gasteiger charge is -2.32. The number of aromatic amines is 1. The van der Waals surface area contributed by atoms with Gasteiger partial charge in [-0.05, 0) is 43.4 Å². The second kappa shape index (κ2) is 12.8. The highest BCUT2D eigenvalue weighted by Crippen LogP contribution is 2.31. The number of aromatic nitrogens is 1. The Morgan fingerprint density at radius 3 is 2.22 bits per heavy atom. The molecule has 8 nitrogen and oxygen atoms in total. The van der Waals surface area contributed by atoms with E-state index in [1.54, 1.807) is 6.92 Å². The van der Waals surface area contributed by atoms with Crippen molar-refractivity contribution in [2.75, 3.05) is 6.61 Å². The average Bonchev–Trinajstić information content (AvgIpc) is 3.25. The Labute approximate surface area is 212 Å². The van der Waals surface area contributed by atoms with Gasteiger partial charge in [0.1, 0.15) is 5.54 Å². The van der Waals surface area contributed by atoms with Gasteiger partial charge in [-0.1, -0.05) is 75.2 Å². The molecule has 8 heteroatoms. The standard InChI is InChI=1S/C28H36N4O4/c1-4-18-28(19-5-2,26(34)36-6-3)30-27(35)32-31-24(33)17-16-22-21-14-10-11-15-23(21)29-25(22)20-12-8-7-9-13-20/h7-15,29H,4-6,16-19H2,1-3H3,(H,31,33)(H2,30,32,35). The Morgan fingerprint density at radius 2 is 1.56 bits per heavy atom. The minimum absolute atomic E-state index is 0.175. The minimum Gasteiger partial charge on any atom is -0.464 e. The molecule has 0 saturated carbocycles. The third-order valence-corrected chi connectivity index (χ3v) is 6.17. The van der Waals surface area contributed by atoms with E-state index in [1.807, 2.05) is 68.4 Å². The van der Waals surface area contributed by atoms with Crippen LogP contribution >= 0.6 is 0 Å². The van der Waals surface area contributed by atoms with Crippen molar-refractivity contribution in [3.8, 4) is 11.3 Å². The summed E-state index contributed by atoms with van der Waals surface area (Å²) in [5.74, 6) is -0.787. The molecule has 3 amide bonds. The van der Waals surface area contributed by atoms with Crippen LogP contribution in [0.5, 0.6) is 0 Å². The maximum Gasteiger partial charge on any atom is 0.334 e. The number of urea groups is 1. The Morgan fingerprint density at radius 1 is 0.889 bits per heavy atom. The lowest BCUT2D eigenvalue weighted by Crippen LogP contribution is -2.60. The van der Waals surface area contributed by atoms with E-state index in [9.17, 15) is 14.4 Å². The zero-order valence-electron chi connectivity index (χ0n) is 21.3. The lowest BCUT2D eigenvalue weighted by molar-refractivity contribution is -0.151. The number of hydrazine groups is 1. The molecule has 1 aromatic heterocycles. The molecule has 2 aromatic carbocycles. The Balaban J connectivity index is 1.65. The third kappa shape index (κ3) is 6.44. The van der Waals surface area contributed by atoms with Gasteiger partial charge in [-0.25, -0.2) is 15.0 Å². The molecule has 3 rings (SSSR count). The summed E-state index contributed by atoms with van der Waals surface area (Å²) in [5.41, 5.74) is 7.82. The molecule has 0 aliphatic carbocycles. The number of amides is 3. The molecule has 0 aliphatic rings. The number of rotatable bonds is 11. The largest absolute Gasteiger partial charge is 0.464 e. The van der Waals surface area contributed by atoms with Crippen molar-refractivity contribution in [2.45, 2.75) is 64.8 Å². The van der Waals surface area contributed by atoms with E-state index in [0.717, 1.165) is 27.7 Å². The number of hydrogen-bond donors (Lipinski definition) is 4. The first-order valence-electron chi connectivity index (χ1n) is 12.6. The number of nitrogens with one attached hydrogen (secondary N) is 4. The highest BCUT2D eigenvalue weighted by molar-refractivity contribution is 5.92. The molecular formula is C28H36N4O4. The van der Waals surface area contributed by atoms with E-state index in [4.69, 9.17) is 4.74 Å². The number of fused-ring (bicyclic) bond motifs is 1. The highest BCUT2D eigenvalue weighted by Gasteiger charge is 2.39. The molecule has 192 valence electrons. The number of aryl methyl sites for hydroxylation is 1. The number of carbonyl (C=O) groups excluding carboxylic acids is 3. The number of H-pyrrole nitrogens is 1. The third-order valence-electron chi connectivity index (χ3n) is 6.17. The number of ether oxygens (including phenoxy) is 1. The van der Waals surface area contributed by atoms with E-state index in [2.05, 4.69) is 21.2 Å². The SMILES string of the molecule is CCCC(CCC)(NC(=O)NNC(=O)CCc1c(-c2ccccc2)[nH]c2ccccc12)C(=O)OCC. The zero-order valence-corrected chi connectivity index (χ0v) is 21.3. The van der Waals surface area contributed by atoms with E-state index in [-0.39, 0.29) is 18.9 Å². The Kier molecular flexibility index (Phi) is 9.50. The van der Waals surface area contributed by atoms with Gasteiger partial charge in [0.05, 0.1) is 6.61 Å². The fraction of sp³-hybridized carbons (Fsp3) is 0.393. The second-order valence-electron chi connectivity index (χ2n) is 8.82. The van der Waals surface area contributed by atoms with Gasteiger partial charge in [-0.2, -0.15) is 0 Å². The summed E-state index contributed by atoms with van der Waals surface area (Å²) in [6, 6.07) is 17.3. The molecule has 1 heterocycles. The first-order valence-corrected chi connectivity index (χ1v) is 12.6. The molecule has 0 unspecified atom stereocenters. The van der Waals surface area contributed by atoms with E-state index >= 15 is 0 Å². The summed E-state index contributed by atoms with van der Waals surface area (Å²) < 4.78 is 5.23. The lowest BCUT2D eigenvalue weighted by atomic mass is 9.88. The van der Waals surface area contributed by atoms with Crippen molar-refractivity contribution >= 4 is 28.8 Å². The molecule has 4 N–H and O–H groups in total. The van der Waals surface area contributed by atoms with Crippen molar-refractivity contribution in [1.82, 2.24) is 21.2 Å². The van der Waals surface area contributed by atoms with Crippen molar-refractivity contribution in [1.29, 1.82) is 0 Å². The number of para-hydroxylation sites is 1. The van der Waals surface area contributed by atoms with E-state index in [1.165, 1.54) is 0 Å². The maximum absolute atomic E-state index is 12.7. The predicted molar refractivity (Wildman–Crippen MR) is 141 cm³/mol. The topological polar surface area (TPSA) is 112 Å². The van der Waals surface area contributed by atoms with Gasteiger partial charge in [-0.15, -0.1) is 0 Å². The van der Waals surface area contributed by atoms with Crippen LogP contribution in [0.1, 0.15) is 58.4 Å². The normalized spacial score (nSPS) is 11.2. The number of esters is 1. The molecule has 0 atom stereocenters. The summed E-state index contributed by atoms with van der Waals surface area (Å²) in [7, 11) is 0. The summed E-state index contributed by atoms with van der Waals surface area (Å²) in [4.78, 5) is 41.4. The van der Waals surface area contributed by atoms with Crippen LogP contribution in [0, 0.1) is 0 Å². The van der Waals surface area contributed by atoms with Gasteiger partial charge < -0.3 is 15.0 Å². The molecule has 0 fully saturated rings. The van der Waals surface area contributed by atoms with Crippen molar-refractivity contribution in [3.05, 3.63) is 60.2 Å². The highest BCUT2D eigenvalue weighted by atomic mass is 16.5. The fourth-order valence-corrected chi connectivity index (χ4v) is 4.61. The molecule has 0 aliphatic heterocycles. The molecule has 0 bridgehead atoms. The van der Waals surface area contributed by atoms with Gasteiger partial charge in [0.2, 0.25) is 5.91 Å². The van der Waals surface area contributed by atoms with Crippen LogP contribution in [0.4, 0.5) is 4.79 Å². The van der Waals surface area contributed by atoms with Gasteiger partial charge in [-0.3, -0.25) is 10.2 Å². The summed E-state index contributed by atoms with van der Waals surface area (Å²) in [5, 5.41) is 3.82. The average molecular weight is 493 g/mol. The number of hydrogen-bond acceptors (Lipinski definition) is 4. The van der Waals surface area contributed by atoms with Crippen LogP contribution in [0.25, 0.3) is 22.2 Å². The minimum atomic E-state index is -1.12. The van der Waals surface area contributed by atoms with Gasteiger partial charge in [0.25, 0.3) is 0 Å². The molecule has 0 spiro atoms. The van der Waals surface area contributed by atoms with Crippen LogP contribution in [-0.2, 0) is 20.7 Å². The fourth-order valence-electron chi connectivity index (χ4n) is 4.61. The summed E-state index contributed by atoms with van der Waals surface area (Å²) in [6.07, 6.45) is 2.95. The van der Waals surface area contributed by atoms with Crippen LogP contribution in [0.2, 0.25) is 0 Å². The Bertz CT molecular complexity index is 1170. The van der Waals surface area contributed by atoms with Gasteiger partial charge >= 0.3 is 12.0 Å². The first kappa shape index (κ1) is 26.8. The van der Waals surface area contributed by atoms with Crippen LogP contribution in [0.15, 0.2) is 54.6 Å². The van der Waals surface area contributed by atoms with Crippen LogP contribution in [0.3, 0.4) is 0 Å². The van der Waals surface area contributed by atoms with E-state index < -0.39 is 17.5 Å². The summed E-state index contributed by atoms with van der Waals surface area (Å²) in [6.45, 7) is 5.85. The predicted octanol–water partition coefficient (Wildman–Crippen LogP) is 5.00. The Hall–Kier alpha value is -3.81.